The summed E-state index contributed by atoms with van der Waals surface area (Å²) in [6.45, 7) is -4.93. The van der Waals surface area contributed by atoms with E-state index in [1.807, 2.05) is 0 Å². The summed E-state index contributed by atoms with van der Waals surface area (Å²) < 4.78 is 42.5. The number of fused-ring (bicyclic) bond motifs is 1. The predicted molar refractivity (Wildman–Crippen MR) is 59.2 cm³/mol. The maximum absolute atomic E-state index is 12.5. The minimum Gasteiger partial charge on any atom is -0.497 e. The van der Waals surface area contributed by atoms with Crippen molar-refractivity contribution in [3.05, 3.63) is 36.4 Å². The fourth-order valence-corrected chi connectivity index (χ4v) is 1.57. The largest absolute Gasteiger partial charge is 1.00 e. The molecule has 0 saturated heterocycles. The van der Waals surface area contributed by atoms with Crippen LogP contribution in [0.15, 0.2) is 36.4 Å². The van der Waals surface area contributed by atoms with Gasteiger partial charge in [-0.3, -0.25) is 0 Å². The van der Waals surface area contributed by atoms with Gasteiger partial charge < -0.3 is 17.7 Å². The van der Waals surface area contributed by atoms with Crippen LogP contribution in [0.4, 0.5) is 12.9 Å². The van der Waals surface area contributed by atoms with Gasteiger partial charge in [0.05, 0.1) is 7.11 Å². The molecule has 0 amide bonds. The van der Waals surface area contributed by atoms with Crippen LogP contribution >= 0.6 is 0 Å². The summed E-state index contributed by atoms with van der Waals surface area (Å²) in [5.74, 6) is 0.637. The molecule has 0 aliphatic carbocycles. The number of benzene rings is 2. The Bertz CT molecular complexity index is 528. The van der Waals surface area contributed by atoms with Gasteiger partial charge in [-0.15, -0.1) is 5.46 Å². The van der Waals surface area contributed by atoms with E-state index in [-0.39, 0.29) is 51.4 Å². The van der Waals surface area contributed by atoms with Crippen LogP contribution in [0.1, 0.15) is 0 Å². The molecule has 0 radical (unpaired) electrons. The van der Waals surface area contributed by atoms with E-state index in [1.165, 1.54) is 13.2 Å². The zero-order chi connectivity index (χ0) is 11.8. The molecule has 0 bridgehead atoms. The molecule has 0 N–H and O–H groups in total. The second kappa shape index (κ2) is 5.75. The van der Waals surface area contributed by atoms with Crippen LogP contribution in [0.2, 0.25) is 0 Å². The molecule has 2 aromatic carbocycles. The third kappa shape index (κ3) is 3.48. The van der Waals surface area contributed by atoms with Crippen molar-refractivity contribution < 1.29 is 69.1 Å². The van der Waals surface area contributed by atoms with Crippen molar-refractivity contribution in [3.8, 4) is 5.75 Å². The third-order valence-corrected chi connectivity index (χ3v) is 2.45. The van der Waals surface area contributed by atoms with Gasteiger partial charge in [-0.2, -0.15) is 0 Å². The van der Waals surface area contributed by atoms with Crippen molar-refractivity contribution >= 4 is 23.2 Å². The summed E-state index contributed by atoms with van der Waals surface area (Å²) in [7, 11) is 1.52. The van der Waals surface area contributed by atoms with Crippen LogP contribution in [-0.2, 0) is 0 Å². The first-order valence-corrected chi connectivity index (χ1v) is 4.78. The number of hydrogen-bond acceptors (Lipinski definition) is 1. The van der Waals surface area contributed by atoms with Crippen molar-refractivity contribution in [3.63, 3.8) is 0 Å². The summed E-state index contributed by atoms with van der Waals surface area (Å²) >= 11 is 0. The SMILES string of the molecule is COc1ccc2cc([B-](F)(F)F)ccc2c1.[K+]. The molecule has 17 heavy (non-hydrogen) atoms. The molecule has 0 aromatic heterocycles. The minimum absolute atomic E-state index is 0. The Morgan fingerprint density at radius 1 is 0.941 bits per heavy atom. The molecule has 0 spiro atoms. The summed E-state index contributed by atoms with van der Waals surface area (Å²) in [4.78, 5) is 0. The predicted octanol–water partition coefficient (Wildman–Crippen LogP) is -0.0932. The van der Waals surface area contributed by atoms with Crippen molar-refractivity contribution in [2.75, 3.05) is 7.11 Å². The molecular formula is C11H9BF3KO. The van der Waals surface area contributed by atoms with Gasteiger partial charge in [0, 0.05) is 0 Å². The second-order valence-electron chi connectivity index (χ2n) is 3.55. The molecule has 0 atom stereocenters. The Morgan fingerprint density at radius 3 is 2.12 bits per heavy atom. The minimum atomic E-state index is -4.93. The molecule has 2 aromatic rings. The number of methoxy groups -OCH3 is 1. The summed E-state index contributed by atoms with van der Waals surface area (Å²) in [6, 6.07) is 8.70. The van der Waals surface area contributed by atoms with E-state index in [0.29, 0.717) is 11.1 Å². The van der Waals surface area contributed by atoms with E-state index < -0.39 is 12.4 Å². The molecule has 0 aliphatic heterocycles. The number of ether oxygens (including phenoxy) is 1. The van der Waals surface area contributed by atoms with Gasteiger partial charge >= 0.3 is 58.4 Å². The average Bonchev–Trinajstić information content (AvgIpc) is 2.26. The fourth-order valence-electron chi connectivity index (χ4n) is 1.57. The Balaban J connectivity index is 0.00000144. The van der Waals surface area contributed by atoms with Gasteiger partial charge in [-0.1, -0.05) is 24.3 Å². The van der Waals surface area contributed by atoms with Crippen molar-refractivity contribution in [2.24, 2.45) is 0 Å². The van der Waals surface area contributed by atoms with Gasteiger partial charge in [-0.05, 0) is 22.9 Å². The summed E-state index contributed by atoms with van der Waals surface area (Å²) in [5.41, 5.74) is -0.572. The molecule has 0 saturated carbocycles. The topological polar surface area (TPSA) is 9.23 Å². The van der Waals surface area contributed by atoms with Gasteiger partial charge in [-0.25, -0.2) is 0 Å². The first-order valence-electron chi connectivity index (χ1n) is 4.78. The van der Waals surface area contributed by atoms with Crippen LogP contribution in [0.5, 0.6) is 5.75 Å². The summed E-state index contributed by atoms with van der Waals surface area (Å²) in [6.07, 6.45) is 0. The maximum atomic E-state index is 12.5. The maximum Gasteiger partial charge on any atom is 1.00 e. The first-order chi connectivity index (χ1) is 7.50. The zero-order valence-corrected chi connectivity index (χ0v) is 12.7. The van der Waals surface area contributed by atoms with E-state index >= 15 is 0 Å². The Morgan fingerprint density at radius 2 is 1.53 bits per heavy atom. The van der Waals surface area contributed by atoms with Crippen LogP contribution in [0.3, 0.4) is 0 Å². The van der Waals surface area contributed by atoms with E-state index in [1.54, 1.807) is 18.2 Å². The molecule has 1 nitrogen and oxygen atoms in total. The van der Waals surface area contributed by atoms with E-state index in [2.05, 4.69) is 0 Å². The summed E-state index contributed by atoms with van der Waals surface area (Å²) in [5, 5.41) is 1.31. The fraction of sp³-hybridized carbons (Fsp3) is 0.0909. The van der Waals surface area contributed by atoms with Crippen molar-refractivity contribution in [1.82, 2.24) is 0 Å². The molecule has 84 valence electrons. The Kier molecular flexibility index (Phi) is 5.09. The van der Waals surface area contributed by atoms with Gasteiger partial charge in [0.2, 0.25) is 0 Å². The van der Waals surface area contributed by atoms with Crippen molar-refractivity contribution in [2.45, 2.75) is 0 Å². The average molecular weight is 264 g/mol. The Labute approximate surface area is 140 Å². The third-order valence-electron chi connectivity index (χ3n) is 2.45. The molecular weight excluding hydrogens is 255 g/mol. The number of halogens is 3. The van der Waals surface area contributed by atoms with Gasteiger partial charge in [0.15, 0.2) is 0 Å². The van der Waals surface area contributed by atoms with Gasteiger partial charge in [0.1, 0.15) is 5.75 Å². The van der Waals surface area contributed by atoms with E-state index in [0.717, 1.165) is 17.5 Å². The van der Waals surface area contributed by atoms with Crippen LogP contribution in [0, 0.1) is 0 Å². The second-order valence-corrected chi connectivity index (χ2v) is 3.55. The molecule has 0 aliphatic rings. The molecule has 0 unspecified atom stereocenters. The van der Waals surface area contributed by atoms with E-state index in [9.17, 15) is 12.9 Å². The van der Waals surface area contributed by atoms with Crippen LogP contribution in [-0.4, -0.2) is 14.1 Å². The Hall–Kier alpha value is -0.00870. The number of rotatable bonds is 2. The number of hydrogen-bond donors (Lipinski definition) is 0. The standard InChI is InChI=1S/C11H9BF3O.K/c1-16-11-5-3-8-6-10(12(13,14)15)4-2-9(8)7-11;/h2-7H,1H3;/q-1;+1. The first kappa shape index (κ1) is 15.1. The normalized spacial score (nSPS) is 11.1. The van der Waals surface area contributed by atoms with Crippen LogP contribution < -0.4 is 61.6 Å². The monoisotopic (exact) mass is 264 g/mol. The molecule has 0 fully saturated rings. The van der Waals surface area contributed by atoms with Crippen molar-refractivity contribution in [1.29, 1.82) is 0 Å². The molecule has 2 rings (SSSR count). The van der Waals surface area contributed by atoms with Gasteiger partial charge in [0.25, 0.3) is 0 Å². The molecule has 6 heteroatoms. The zero-order valence-electron chi connectivity index (χ0n) is 9.58. The quantitative estimate of drug-likeness (QED) is 0.689. The van der Waals surface area contributed by atoms with Crippen LogP contribution in [0.25, 0.3) is 10.8 Å². The smallest absolute Gasteiger partial charge is 0.497 e. The van der Waals surface area contributed by atoms with E-state index in [4.69, 9.17) is 4.74 Å². The molecule has 0 heterocycles.